The standard InChI is InChI=1S/C12H16N2O/c1-8-4-5-9-10(6-8)15-11(14-9)12(2,3)7-13/h4-6H,7,13H2,1-3H3. The van der Waals surface area contributed by atoms with Crippen LogP contribution in [0, 0.1) is 6.92 Å². The summed E-state index contributed by atoms with van der Waals surface area (Å²) in [6.07, 6.45) is 0. The van der Waals surface area contributed by atoms with Gasteiger partial charge in [0, 0.05) is 6.54 Å². The van der Waals surface area contributed by atoms with E-state index in [1.54, 1.807) is 0 Å². The van der Waals surface area contributed by atoms with Crippen LogP contribution in [0.2, 0.25) is 0 Å². The van der Waals surface area contributed by atoms with E-state index in [0.717, 1.165) is 11.1 Å². The van der Waals surface area contributed by atoms with Crippen molar-refractivity contribution in [3.05, 3.63) is 29.7 Å². The lowest BCUT2D eigenvalue weighted by Crippen LogP contribution is -2.28. The van der Waals surface area contributed by atoms with E-state index in [-0.39, 0.29) is 5.41 Å². The van der Waals surface area contributed by atoms with E-state index < -0.39 is 0 Å². The number of hydrogen-bond acceptors (Lipinski definition) is 3. The molecular weight excluding hydrogens is 188 g/mol. The van der Waals surface area contributed by atoms with Crippen LogP contribution in [0.4, 0.5) is 0 Å². The first kappa shape index (κ1) is 10.2. The topological polar surface area (TPSA) is 52.0 Å². The Balaban J connectivity index is 2.56. The fourth-order valence-corrected chi connectivity index (χ4v) is 1.41. The zero-order chi connectivity index (χ0) is 11.1. The van der Waals surface area contributed by atoms with Gasteiger partial charge in [0.05, 0.1) is 5.41 Å². The van der Waals surface area contributed by atoms with Crippen LogP contribution in [0.3, 0.4) is 0 Å². The Morgan fingerprint density at radius 1 is 1.40 bits per heavy atom. The summed E-state index contributed by atoms with van der Waals surface area (Å²) in [5.41, 5.74) is 8.40. The summed E-state index contributed by atoms with van der Waals surface area (Å²) in [7, 11) is 0. The second-order valence-electron chi connectivity index (χ2n) is 4.58. The van der Waals surface area contributed by atoms with Crippen molar-refractivity contribution in [2.75, 3.05) is 6.54 Å². The number of oxazole rings is 1. The molecule has 0 spiro atoms. The van der Waals surface area contributed by atoms with Crippen molar-refractivity contribution < 1.29 is 4.42 Å². The normalized spacial score (nSPS) is 12.3. The van der Waals surface area contributed by atoms with Crippen LogP contribution in [0.5, 0.6) is 0 Å². The first-order valence-electron chi connectivity index (χ1n) is 5.11. The van der Waals surface area contributed by atoms with Gasteiger partial charge in [0.25, 0.3) is 0 Å². The minimum Gasteiger partial charge on any atom is -0.440 e. The summed E-state index contributed by atoms with van der Waals surface area (Å²) in [4.78, 5) is 4.45. The van der Waals surface area contributed by atoms with Gasteiger partial charge in [0.15, 0.2) is 5.58 Å². The van der Waals surface area contributed by atoms with Crippen LogP contribution in [0.25, 0.3) is 11.1 Å². The van der Waals surface area contributed by atoms with Crippen LogP contribution in [-0.2, 0) is 5.41 Å². The molecule has 0 aliphatic carbocycles. The number of hydrogen-bond donors (Lipinski definition) is 1. The summed E-state index contributed by atoms with van der Waals surface area (Å²) < 4.78 is 5.71. The van der Waals surface area contributed by atoms with Gasteiger partial charge in [-0.15, -0.1) is 0 Å². The summed E-state index contributed by atoms with van der Waals surface area (Å²) in [6, 6.07) is 6.01. The van der Waals surface area contributed by atoms with Crippen molar-refractivity contribution in [3.63, 3.8) is 0 Å². The Hall–Kier alpha value is -1.35. The average molecular weight is 204 g/mol. The van der Waals surface area contributed by atoms with Gasteiger partial charge in [0.2, 0.25) is 5.89 Å². The fraction of sp³-hybridized carbons (Fsp3) is 0.417. The van der Waals surface area contributed by atoms with Crippen molar-refractivity contribution in [2.24, 2.45) is 5.73 Å². The molecule has 80 valence electrons. The highest BCUT2D eigenvalue weighted by Gasteiger charge is 2.24. The highest BCUT2D eigenvalue weighted by molar-refractivity contribution is 5.73. The molecule has 2 aromatic rings. The number of benzene rings is 1. The van der Waals surface area contributed by atoms with E-state index in [1.807, 2.05) is 39.0 Å². The molecule has 2 N–H and O–H groups in total. The Morgan fingerprint density at radius 3 is 2.80 bits per heavy atom. The average Bonchev–Trinajstić information content (AvgIpc) is 2.61. The molecule has 0 aliphatic rings. The Morgan fingerprint density at radius 2 is 2.13 bits per heavy atom. The van der Waals surface area contributed by atoms with Crippen LogP contribution in [-0.4, -0.2) is 11.5 Å². The van der Waals surface area contributed by atoms with Gasteiger partial charge in [-0.05, 0) is 38.5 Å². The van der Waals surface area contributed by atoms with Gasteiger partial charge in [-0.1, -0.05) is 6.07 Å². The van der Waals surface area contributed by atoms with Crippen LogP contribution < -0.4 is 5.73 Å². The summed E-state index contributed by atoms with van der Waals surface area (Å²) >= 11 is 0. The molecule has 15 heavy (non-hydrogen) atoms. The Kier molecular flexibility index (Phi) is 2.27. The van der Waals surface area contributed by atoms with Gasteiger partial charge in [-0.3, -0.25) is 0 Å². The van der Waals surface area contributed by atoms with E-state index in [1.165, 1.54) is 5.56 Å². The van der Waals surface area contributed by atoms with Crippen molar-refractivity contribution >= 4 is 11.1 Å². The van der Waals surface area contributed by atoms with Gasteiger partial charge < -0.3 is 10.2 Å². The molecule has 0 bridgehead atoms. The molecular formula is C12H16N2O. The number of fused-ring (bicyclic) bond motifs is 1. The zero-order valence-electron chi connectivity index (χ0n) is 9.37. The molecule has 0 radical (unpaired) electrons. The van der Waals surface area contributed by atoms with Crippen molar-refractivity contribution in [3.8, 4) is 0 Å². The lowest BCUT2D eigenvalue weighted by molar-refractivity contribution is 0.391. The highest BCUT2D eigenvalue weighted by atomic mass is 16.3. The molecule has 0 fully saturated rings. The summed E-state index contributed by atoms with van der Waals surface area (Å²) in [5, 5.41) is 0. The number of aromatic nitrogens is 1. The van der Waals surface area contributed by atoms with E-state index in [4.69, 9.17) is 10.2 Å². The molecule has 0 atom stereocenters. The third-order valence-electron chi connectivity index (χ3n) is 2.63. The van der Waals surface area contributed by atoms with Crippen molar-refractivity contribution in [1.29, 1.82) is 0 Å². The van der Waals surface area contributed by atoms with Crippen LogP contribution in [0.15, 0.2) is 22.6 Å². The molecule has 0 unspecified atom stereocenters. The largest absolute Gasteiger partial charge is 0.440 e. The highest BCUT2D eigenvalue weighted by Crippen LogP contribution is 2.25. The van der Waals surface area contributed by atoms with Crippen molar-refractivity contribution in [2.45, 2.75) is 26.2 Å². The van der Waals surface area contributed by atoms with E-state index in [0.29, 0.717) is 12.4 Å². The summed E-state index contributed by atoms with van der Waals surface area (Å²) in [5.74, 6) is 0.714. The molecule has 0 saturated heterocycles. The fourth-order valence-electron chi connectivity index (χ4n) is 1.41. The minimum atomic E-state index is -0.201. The maximum absolute atomic E-state index is 5.71. The molecule has 1 heterocycles. The van der Waals surface area contributed by atoms with Gasteiger partial charge >= 0.3 is 0 Å². The maximum Gasteiger partial charge on any atom is 0.202 e. The van der Waals surface area contributed by atoms with E-state index in [2.05, 4.69) is 4.98 Å². The molecule has 1 aromatic heterocycles. The van der Waals surface area contributed by atoms with Crippen molar-refractivity contribution in [1.82, 2.24) is 4.98 Å². The van der Waals surface area contributed by atoms with Gasteiger partial charge in [0.1, 0.15) is 5.52 Å². The van der Waals surface area contributed by atoms with E-state index >= 15 is 0 Å². The molecule has 1 aromatic carbocycles. The predicted octanol–water partition coefficient (Wildman–Crippen LogP) is 2.37. The number of aryl methyl sites for hydroxylation is 1. The number of nitrogens with two attached hydrogens (primary N) is 1. The maximum atomic E-state index is 5.71. The lowest BCUT2D eigenvalue weighted by Gasteiger charge is -2.16. The zero-order valence-corrected chi connectivity index (χ0v) is 9.37. The smallest absolute Gasteiger partial charge is 0.202 e. The quantitative estimate of drug-likeness (QED) is 0.817. The minimum absolute atomic E-state index is 0.201. The van der Waals surface area contributed by atoms with E-state index in [9.17, 15) is 0 Å². The van der Waals surface area contributed by atoms with Crippen LogP contribution >= 0.6 is 0 Å². The first-order valence-corrected chi connectivity index (χ1v) is 5.11. The first-order chi connectivity index (χ1) is 7.03. The van der Waals surface area contributed by atoms with Gasteiger partial charge in [-0.2, -0.15) is 0 Å². The molecule has 2 rings (SSSR count). The predicted molar refractivity (Wildman–Crippen MR) is 60.8 cm³/mol. The third-order valence-corrected chi connectivity index (χ3v) is 2.63. The molecule has 3 heteroatoms. The van der Waals surface area contributed by atoms with Crippen LogP contribution in [0.1, 0.15) is 25.3 Å². The monoisotopic (exact) mass is 204 g/mol. The SMILES string of the molecule is Cc1ccc2nc(C(C)(C)CN)oc2c1. The molecule has 0 amide bonds. The second kappa shape index (κ2) is 3.35. The third kappa shape index (κ3) is 1.75. The molecule has 3 nitrogen and oxygen atoms in total. The summed E-state index contributed by atoms with van der Waals surface area (Å²) in [6.45, 7) is 6.63. The Bertz CT molecular complexity index is 485. The lowest BCUT2D eigenvalue weighted by atomic mass is 9.94. The Labute approximate surface area is 89.3 Å². The molecule has 0 saturated carbocycles. The van der Waals surface area contributed by atoms with Gasteiger partial charge in [-0.25, -0.2) is 4.98 Å². The molecule has 0 aliphatic heterocycles. The second-order valence-corrected chi connectivity index (χ2v) is 4.58. The number of rotatable bonds is 2. The number of nitrogens with zero attached hydrogens (tertiary/aromatic N) is 1.